The van der Waals surface area contributed by atoms with Gasteiger partial charge in [0.05, 0.1) is 13.0 Å². The van der Waals surface area contributed by atoms with E-state index in [0.29, 0.717) is 13.0 Å². The summed E-state index contributed by atoms with van der Waals surface area (Å²) in [6.45, 7) is 6.91. The molecule has 4 heteroatoms. The van der Waals surface area contributed by atoms with E-state index in [4.69, 9.17) is 4.74 Å². The topological polar surface area (TPSA) is 41.6 Å². The molecule has 1 amide bonds. The highest BCUT2D eigenvalue weighted by Gasteiger charge is 2.15. The highest BCUT2D eigenvalue weighted by Crippen LogP contribution is 1.97. The first-order chi connectivity index (χ1) is 6.84. The van der Waals surface area contributed by atoms with Gasteiger partial charge in [-0.25, -0.2) is 0 Å². The van der Waals surface area contributed by atoms with Crippen molar-refractivity contribution in [3.8, 4) is 0 Å². The smallest absolute Gasteiger partial charge is 0.224 e. The highest BCUT2D eigenvalue weighted by molar-refractivity contribution is 5.76. The van der Waals surface area contributed by atoms with E-state index in [1.54, 1.807) is 0 Å². The number of hydrogen-bond acceptors (Lipinski definition) is 3. The molecular weight excluding hydrogens is 180 g/mol. The van der Waals surface area contributed by atoms with Gasteiger partial charge in [0.2, 0.25) is 5.91 Å². The minimum absolute atomic E-state index is 0.225. The Morgan fingerprint density at radius 2 is 2.07 bits per heavy atom. The van der Waals surface area contributed by atoms with Crippen LogP contribution in [0, 0.1) is 0 Å². The van der Waals surface area contributed by atoms with Crippen LogP contribution in [0.4, 0.5) is 0 Å². The van der Waals surface area contributed by atoms with Crippen molar-refractivity contribution in [3.63, 3.8) is 0 Å². The van der Waals surface area contributed by atoms with Gasteiger partial charge < -0.3 is 15.0 Å². The third kappa shape index (κ3) is 4.07. The summed E-state index contributed by atoms with van der Waals surface area (Å²) in [5.74, 6) is 0.225. The number of nitrogens with zero attached hydrogens (tertiary/aromatic N) is 1. The number of amides is 1. The van der Waals surface area contributed by atoms with E-state index in [-0.39, 0.29) is 5.91 Å². The van der Waals surface area contributed by atoms with Crippen LogP contribution in [0.2, 0.25) is 0 Å². The molecule has 1 fully saturated rings. The number of hydrogen-bond donors (Lipinski definition) is 1. The lowest BCUT2D eigenvalue weighted by atomic mass is 10.3. The lowest BCUT2D eigenvalue weighted by Crippen LogP contribution is -2.46. The SMILES string of the molecule is CCCOCCC(=O)N1CCNCC1. The Balaban J connectivity index is 2.07. The van der Waals surface area contributed by atoms with Gasteiger partial charge in [-0.3, -0.25) is 4.79 Å². The van der Waals surface area contributed by atoms with Gasteiger partial charge in [-0.1, -0.05) is 6.92 Å². The Morgan fingerprint density at radius 1 is 1.36 bits per heavy atom. The Hall–Kier alpha value is -0.610. The summed E-state index contributed by atoms with van der Waals surface area (Å²) in [5, 5.41) is 3.22. The molecule has 1 N–H and O–H groups in total. The van der Waals surface area contributed by atoms with Crippen molar-refractivity contribution in [3.05, 3.63) is 0 Å². The van der Waals surface area contributed by atoms with Crippen LogP contribution >= 0.6 is 0 Å². The standard InChI is InChI=1S/C10H20N2O2/c1-2-8-14-9-3-10(13)12-6-4-11-5-7-12/h11H,2-9H2,1H3. The van der Waals surface area contributed by atoms with Gasteiger partial charge in [-0.15, -0.1) is 0 Å². The molecule has 4 nitrogen and oxygen atoms in total. The molecule has 0 aromatic carbocycles. The van der Waals surface area contributed by atoms with Crippen LogP contribution in [0.3, 0.4) is 0 Å². The van der Waals surface area contributed by atoms with E-state index in [9.17, 15) is 4.79 Å². The second-order valence-corrected chi connectivity index (χ2v) is 3.49. The fourth-order valence-electron chi connectivity index (χ4n) is 1.48. The number of piperazine rings is 1. The van der Waals surface area contributed by atoms with E-state index < -0.39 is 0 Å². The van der Waals surface area contributed by atoms with Gasteiger partial charge in [-0.05, 0) is 6.42 Å². The molecule has 1 saturated heterocycles. The molecule has 82 valence electrons. The molecular formula is C10H20N2O2. The van der Waals surface area contributed by atoms with E-state index >= 15 is 0 Å². The fraction of sp³-hybridized carbons (Fsp3) is 0.900. The Morgan fingerprint density at radius 3 is 2.71 bits per heavy atom. The second-order valence-electron chi connectivity index (χ2n) is 3.49. The van der Waals surface area contributed by atoms with Crippen LogP contribution in [0.25, 0.3) is 0 Å². The Kier molecular flexibility index (Phi) is 5.56. The molecule has 1 aliphatic heterocycles. The van der Waals surface area contributed by atoms with Crippen molar-refractivity contribution in [2.75, 3.05) is 39.4 Å². The van der Waals surface area contributed by atoms with Gasteiger partial charge in [-0.2, -0.15) is 0 Å². The summed E-state index contributed by atoms with van der Waals surface area (Å²) < 4.78 is 5.28. The van der Waals surface area contributed by atoms with E-state index in [1.807, 2.05) is 4.90 Å². The zero-order valence-electron chi connectivity index (χ0n) is 8.92. The summed E-state index contributed by atoms with van der Waals surface area (Å²) in [4.78, 5) is 13.5. The third-order valence-electron chi connectivity index (χ3n) is 2.28. The lowest BCUT2D eigenvalue weighted by molar-refractivity contribution is -0.132. The average molecular weight is 200 g/mol. The van der Waals surface area contributed by atoms with Crippen LogP contribution in [-0.2, 0) is 9.53 Å². The molecule has 0 unspecified atom stereocenters. The molecule has 0 aromatic rings. The van der Waals surface area contributed by atoms with E-state index in [1.165, 1.54) is 0 Å². The first-order valence-electron chi connectivity index (χ1n) is 5.41. The maximum absolute atomic E-state index is 11.6. The molecule has 0 radical (unpaired) electrons. The molecule has 0 atom stereocenters. The molecule has 0 saturated carbocycles. The van der Waals surface area contributed by atoms with Gasteiger partial charge in [0.25, 0.3) is 0 Å². The van der Waals surface area contributed by atoms with Crippen molar-refractivity contribution in [2.45, 2.75) is 19.8 Å². The van der Waals surface area contributed by atoms with Gasteiger partial charge in [0.1, 0.15) is 0 Å². The van der Waals surface area contributed by atoms with Crippen LogP contribution in [0.15, 0.2) is 0 Å². The molecule has 1 aliphatic rings. The normalized spacial score (nSPS) is 17.1. The number of nitrogens with one attached hydrogen (secondary N) is 1. The minimum atomic E-state index is 0.225. The maximum atomic E-state index is 11.6. The van der Waals surface area contributed by atoms with Crippen molar-refractivity contribution < 1.29 is 9.53 Å². The molecule has 14 heavy (non-hydrogen) atoms. The summed E-state index contributed by atoms with van der Waals surface area (Å²) in [5.41, 5.74) is 0. The summed E-state index contributed by atoms with van der Waals surface area (Å²) in [7, 11) is 0. The van der Waals surface area contributed by atoms with Crippen LogP contribution in [0.5, 0.6) is 0 Å². The first kappa shape index (κ1) is 11.5. The average Bonchev–Trinajstić information content (AvgIpc) is 2.25. The molecule has 0 aromatic heterocycles. The fourth-order valence-corrected chi connectivity index (χ4v) is 1.48. The molecule has 0 aliphatic carbocycles. The molecule has 0 spiro atoms. The second kappa shape index (κ2) is 6.79. The molecule has 0 bridgehead atoms. The number of ether oxygens (including phenoxy) is 1. The number of rotatable bonds is 5. The van der Waals surface area contributed by atoms with Crippen LogP contribution < -0.4 is 5.32 Å². The summed E-state index contributed by atoms with van der Waals surface area (Å²) >= 11 is 0. The summed E-state index contributed by atoms with van der Waals surface area (Å²) in [6.07, 6.45) is 1.54. The number of carbonyl (C=O) groups is 1. The lowest BCUT2D eigenvalue weighted by Gasteiger charge is -2.27. The first-order valence-corrected chi connectivity index (χ1v) is 5.41. The van der Waals surface area contributed by atoms with Gasteiger partial charge >= 0.3 is 0 Å². The minimum Gasteiger partial charge on any atom is -0.381 e. The van der Waals surface area contributed by atoms with E-state index in [0.717, 1.165) is 39.2 Å². The quantitative estimate of drug-likeness (QED) is 0.646. The number of carbonyl (C=O) groups excluding carboxylic acids is 1. The van der Waals surface area contributed by atoms with Crippen molar-refractivity contribution in [1.29, 1.82) is 0 Å². The molecule has 1 rings (SSSR count). The summed E-state index contributed by atoms with van der Waals surface area (Å²) in [6, 6.07) is 0. The van der Waals surface area contributed by atoms with E-state index in [2.05, 4.69) is 12.2 Å². The van der Waals surface area contributed by atoms with Crippen molar-refractivity contribution in [2.24, 2.45) is 0 Å². The van der Waals surface area contributed by atoms with Crippen molar-refractivity contribution >= 4 is 5.91 Å². The van der Waals surface area contributed by atoms with Gasteiger partial charge in [0.15, 0.2) is 0 Å². The largest absolute Gasteiger partial charge is 0.381 e. The highest BCUT2D eigenvalue weighted by atomic mass is 16.5. The van der Waals surface area contributed by atoms with Crippen molar-refractivity contribution in [1.82, 2.24) is 10.2 Å². The zero-order chi connectivity index (χ0) is 10.2. The Bertz CT molecular complexity index is 168. The zero-order valence-corrected chi connectivity index (χ0v) is 8.92. The van der Waals surface area contributed by atoms with Crippen LogP contribution in [0.1, 0.15) is 19.8 Å². The monoisotopic (exact) mass is 200 g/mol. The van der Waals surface area contributed by atoms with Crippen LogP contribution in [-0.4, -0.2) is 50.2 Å². The maximum Gasteiger partial charge on any atom is 0.224 e. The Labute approximate surface area is 85.6 Å². The molecule has 1 heterocycles. The van der Waals surface area contributed by atoms with Gasteiger partial charge in [0, 0.05) is 32.8 Å². The predicted octanol–water partition coefficient (Wildman–Crippen LogP) is 0.235. The predicted molar refractivity (Wildman–Crippen MR) is 55.2 cm³/mol. The third-order valence-corrected chi connectivity index (χ3v) is 2.28.